The van der Waals surface area contributed by atoms with Crippen LogP contribution in [0.15, 0.2) is 42.3 Å². The minimum atomic E-state index is 0.0491. The Morgan fingerprint density at radius 2 is 2.00 bits per heavy atom. The molecule has 0 N–H and O–H groups in total. The molecule has 0 atom stereocenters. The minimum Gasteiger partial charge on any atom is -0.482 e. The van der Waals surface area contributed by atoms with Crippen LogP contribution in [0.1, 0.15) is 6.42 Å². The number of para-hydroxylation sites is 1. The fourth-order valence-corrected chi connectivity index (χ4v) is 1.50. The van der Waals surface area contributed by atoms with Crippen LogP contribution in [0, 0.1) is 0 Å². The first-order valence-electron chi connectivity index (χ1n) is 4.45. The fourth-order valence-electron chi connectivity index (χ4n) is 1.50. The highest BCUT2D eigenvalue weighted by molar-refractivity contribution is 5.99. The first-order chi connectivity index (χ1) is 6.83. The molecule has 1 aromatic rings. The summed E-state index contributed by atoms with van der Waals surface area (Å²) in [6.07, 6.45) is 2.20. The van der Waals surface area contributed by atoms with Gasteiger partial charge in [-0.05, 0) is 18.2 Å². The molecule has 1 aliphatic rings. The number of hydrogen-bond acceptors (Lipinski definition) is 2. The Kier molecular flexibility index (Phi) is 2.23. The van der Waals surface area contributed by atoms with Gasteiger partial charge in [0.25, 0.3) is 0 Å². The SMILES string of the molecule is COC1=CCC(=O)N1c1ccccc1. The Labute approximate surface area is 82.6 Å². The van der Waals surface area contributed by atoms with E-state index in [-0.39, 0.29) is 5.91 Å². The maximum absolute atomic E-state index is 11.5. The molecule has 1 heterocycles. The number of carbonyl (C=O) groups is 1. The number of nitrogens with zero attached hydrogens (tertiary/aromatic N) is 1. The summed E-state index contributed by atoms with van der Waals surface area (Å²) in [7, 11) is 1.57. The Morgan fingerprint density at radius 3 is 2.64 bits per heavy atom. The van der Waals surface area contributed by atoms with Gasteiger partial charge in [0, 0.05) is 0 Å². The van der Waals surface area contributed by atoms with Gasteiger partial charge >= 0.3 is 0 Å². The Balaban J connectivity index is 2.34. The molecule has 3 nitrogen and oxygen atoms in total. The van der Waals surface area contributed by atoms with Crippen molar-refractivity contribution in [2.24, 2.45) is 0 Å². The molecule has 72 valence electrons. The molecule has 0 aromatic heterocycles. The third kappa shape index (κ3) is 1.37. The van der Waals surface area contributed by atoms with Crippen molar-refractivity contribution in [2.45, 2.75) is 6.42 Å². The molecule has 0 unspecified atom stereocenters. The van der Waals surface area contributed by atoms with Crippen molar-refractivity contribution in [1.82, 2.24) is 0 Å². The summed E-state index contributed by atoms with van der Waals surface area (Å²) < 4.78 is 5.11. The zero-order chi connectivity index (χ0) is 9.97. The molecule has 0 radical (unpaired) electrons. The molecule has 2 rings (SSSR count). The largest absolute Gasteiger partial charge is 0.482 e. The van der Waals surface area contributed by atoms with E-state index < -0.39 is 0 Å². The second-order valence-electron chi connectivity index (χ2n) is 3.02. The number of amides is 1. The average Bonchev–Trinajstić information content (AvgIpc) is 2.61. The zero-order valence-electron chi connectivity index (χ0n) is 7.93. The molecule has 3 heteroatoms. The Hall–Kier alpha value is -1.77. The highest BCUT2D eigenvalue weighted by Gasteiger charge is 2.25. The molecule has 0 spiro atoms. The Bertz CT molecular complexity index is 370. The van der Waals surface area contributed by atoms with Crippen molar-refractivity contribution in [3.63, 3.8) is 0 Å². The number of benzene rings is 1. The van der Waals surface area contributed by atoms with E-state index in [0.29, 0.717) is 12.3 Å². The normalized spacial score (nSPS) is 15.6. The standard InChI is InChI=1S/C11H11NO2/c1-14-11-8-7-10(13)12(11)9-5-3-2-4-6-9/h2-6,8H,7H2,1H3. The molecular formula is C11H11NO2. The summed E-state index contributed by atoms with van der Waals surface area (Å²) in [5.41, 5.74) is 0.850. The zero-order valence-corrected chi connectivity index (χ0v) is 7.93. The molecule has 0 fully saturated rings. The Morgan fingerprint density at radius 1 is 1.29 bits per heavy atom. The molecule has 0 saturated heterocycles. The van der Waals surface area contributed by atoms with E-state index in [1.54, 1.807) is 18.1 Å². The molecule has 1 amide bonds. The van der Waals surface area contributed by atoms with Crippen LogP contribution in [0.4, 0.5) is 5.69 Å². The van der Waals surface area contributed by atoms with Crippen molar-refractivity contribution >= 4 is 11.6 Å². The summed E-state index contributed by atoms with van der Waals surface area (Å²) >= 11 is 0. The predicted octanol–water partition coefficient (Wildman–Crippen LogP) is 1.91. The molecule has 1 aliphatic heterocycles. The van der Waals surface area contributed by atoms with Crippen LogP contribution in [0.2, 0.25) is 0 Å². The van der Waals surface area contributed by atoms with Gasteiger partial charge in [0.2, 0.25) is 5.91 Å². The first-order valence-corrected chi connectivity index (χ1v) is 4.45. The summed E-state index contributed by atoms with van der Waals surface area (Å²) in [6, 6.07) is 9.48. The monoisotopic (exact) mass is 189 g/mol. The van der Waals surface area contributed by atoms with Gasteiger partial charge in [-0.3, -0.25) is 9.69 Å². The maximum atomic E-state index is 11.5. The number of methoxy groups -OCH3 is 1. The molecule has 0 aliphatic carbocycles. The second kappa shape index (κ2) is 3.54. The minimum absolute atomic E-state index is 0.0491. The summed E-state index contributed by atoms with van der Waals surface area (Å²) in [6.45, 7) is 0. The van der Waals surface area contributed by atoms with E-state index in [9.17, 15) is 4.79 Å². The fraction of sp³-hybridized carbons (Fsp3) is 0.182. The third-order valence-corrected chi connectivity index (χ3v) is 2.14. The van der Waals surface area contributed by atoms with Crippen molar-refractivity contribution < 1.29 is 9.53 Å². The van der Waals surface area contributed by atoms with Crippen molar-refractivity contribution in [1.29, 1.82) is 0 Å². The van der Waals surface area contributed by atoms with Gasteiger partial charge in [-0.15, -0.1) is 0 Å². The van der Waals surface area contributed by atoms with Gasteiger partial charge in [-0.2, -0.15) is 0 Å². The first kappa shape index (κ1) is 8.81. The number of anilines is 1. The number of carbonyl (C=O) groups excluding carboxylic acids is 1. The lowest BCUT2D eigenvalue weighted by Crippen LogP contribution is -2.25. The lowest BCUT2D eigenvalue weighted by molar-refractivity contribution is -0.117. The quantitative estimate of drug-likeness (QED) is 0.711. The van der Waals surface area contributed by atoms with Crippen LogP contribution in [0.3, 0.4) is 0 Å². The average molecular weight is 189 g/mol. The van der Waals surface area contributed by atoms with E-state index in [2.05, 4.69) is 0 Å². The molecule has 1 aromatic carbocycles. The number of rotatable bonds is 2. The highest BCUT2D eigenvalue weighted by Crippen LogP contribution is 2.25. The van der Waals surface area contributed by atoms with Crippen molar-refractivity contribution in [3.05, 3.63) is 42.3 Å². The van der Waals surface area contributed by atoms with E-state index in [4.69, 9.17) is 4.74 Å². The van der Waals surface area contributed by atoms with Crippen LogP contribution in [0.25, 0.3) is 0 Å². The second-order valence-corrected chi connectivity index (χ2v) is 3.02. The van der Waals surface area contributed by atoms with Crippen molar-refractivity contribution in [3.8, 4) is 0 Å². The van der Waals surface area contributed by atoms with Crippen LogP contribution in [-0.4, -0.2) is 13.0 Å². The van der Waals surface area contributed by atoms with Crippen LogP contribution >= 0.6 is 0 Å². The summed E-state index contributed by atoms with van der Waals surface area (Å²) in [5.74, 6) is 0.661. The van der Waals surface area contributed by atoms with Crippen LogP contribution in [-0.2, 0) is 9.53 Å². The van der Waals surface area contributed by atoms with E-state index in [1.807, 2.05) is 30.3 Å². The summed E-state index contributed by atoms with van der Waals surface area (Å²) in [5, 5.41) is 0. The molecule has 14 heavy (non-hydrogen) atoms. The smallest absolute Gasteiger partial charge is 0.237 e. The van der Waals surface area contributed by atoms with Crippen LogP contribution < -0.4 is 4.90 Å². The van der Waals surface area contributed by atoms with Crippen LogP contribution in [0.5, 0.6) is 0 Å². The highest BCUT2D eigenvalue weighted by atomic mass is 16.5. The van der Waals surface area contributed by atoms with Gasteiger partial charge in [0.05, 0.1) is 19.2 Å². The van der Waals surface area contributed by atoms with E-state index in [1.165, 1.54) is 0 Å². The summed E-state index contributed by atoms with van der Waals surface area (Å²) in [4.78, 5) is 13.1. The van der Waals surface area contributed by atoms with Crippen molar-refractivity contribution in [2.75, 3.05) is 12.0 Å². The van der Waals surface area contributed by atoms with E-state index in [0.717, 1.165) is 5.69 Å². The van der Waals surface area contributed by atoms with Gasteiger partial charge in [0.15, 0.2) is 5.88 Å². The predicted molar refractivity (Wildman–Crippen MR) is 53.6 cm³/mol. The molecule has 0 bridgehead atoms. The van der Waals surface area contributed by atoms with E-state index >= 15 is 0 Å². The lowest BCUT2D eigenvalue weighted by Gasteiger charge is -2.18. The van der Waals surface area contributed by atoms with Gasteiger partial charge < -0.3 is 4.74 Å². The molecular weight excluding hydrogens is 178 g/mol. The van der Waals surface area contributed by atoms with Gasteiger partial charge in [-0.1, -0.05) is 18.2 Å². The topological polar surface area (TPSA) is 29.5 Å². The maximum Gasteiger partial charge on any atom is 0.237 e. The third-order valence-electron chi connectivity index (χ3n) is 2.14. The van der Waals surface area contributed by atoms with Gasteiger partial charge in [-0.25, -0.2) is 0 Å². The number of ether oxygens (including phenoxy) is 1. The number of hydrogen-bond donors (Lipinski definition) is 0. The molecule has 0 saturated carbocycles. The lowest BCUT2D eigenvalue weighted by atomic mass is 10.3. The van der Waals surface area contributed by atoms with Gasteiger partial charge in [0.1, 0.15) is 0 Å².